The molecule has 0 aromatic heterocycles. The fourth-order valence-corrected chi connectivity index (χ4v) is 3.49. The maximum atomic E-state index is 12.8. The number of para-hydroxylation sites is 2. The van der Waals surface area contributed by atoms with Gasteiger partial charge in [-0.15, -0.1) is 0 Å². The smallest absolute Gasteiger partial charge is 0.320 e. The minimum Gasteiger partial charge on any atom is -0.495 e. The fourth-order valence-electron chi connectivity index (χ4n) is 3.49. The van der Waals surface area contributed by atoms with Crippen molar-refractivity contribution in [2.24, 2.45) is 0 Å². The highest BCUT2D eigenvalue weighted by Gasteiger charge is 2.43. The number of aliphatic carboxylic acids is 1. The van der Waals surface area contributed by atoms with Gasteiger partial charge in [0.05, 0.1) is 18.8 Å². The van der Waals surface area contributed by atoms with E-state index in [4.69, 9.17) is 4.74 Å². The highest BCUT2D eigenvalue weighted by atomic mass is 16.5. The van der Waals surface area contributed by atoms with Crippen LogP contribution in [0.1, 0.15) is 19.3 Å². The van der Waals surface area contributed by atoms with Crippen LogP contribution in [0.2, 0.25) is 0 Å². The summed E-state index contributed by atoms with van der Waals surface area (Å²) in [6, 6.07) is 6.54. The van der Waals surface area contributed by atoms with Gasteiger partial charge in [0.2, 0.25) is 5.91 Å². The van der Waals surface area contributed by atoms with Gasteiger partial charge in [-0.25, -0.2) is 0 Å². The molecule has 0 radical (unpaired) electrons. The van der Waals surface area contributed by atoms with E-state index in [0.717, 1.165) is 12.1 Å². The molecule has 2 saturated heterocycles. The Balaban J connectivity index is 1.82. The SMILES string of the molecule is COc1ccccc1N1CCC(N2CCC[C@@H]2C(=O)O)C1=O. The molecule has 118 valence electrons. The van der Waals surface area contributed by atoms with Crippen LogP contribution in [0, 0.1) is 0 Å². The first-order valence-corrected chi connectivity index (χ1v) is 7.56. The summed E-state index contributed by atoms with van der Waals surface area (Å²) < 4.78 is 5.32. The van der Waals surface area contributed by atoms with Crippen LogP contribution in [0.3, 0.4) is 0 Å². The number of carbonyl (C=O) groups excluding carboxylic acids is 1. The van der Waals surface area contributed by atoms with Gasteiger partial charge in [-0.1, -0.05) is 12.1 Å². The molecule has 0 aliphatic carbocycles. The molecule has 0 saturated carbocycles. The Morgan fingerprint density at radius 2 is 2.05 bits per heavy atom. The van der Waals surface area contributed by atoms with E-state index in [2.05, 4.69) is 0 Å². The Labute approximate surface area is 129 Å². The predicted molar refractivity (Wildman–Crippen MR) is 81.1 cm³/mol. The number of carbonyl (C=O) groups is 2. The van der Waals surface area contributed by atoms with Gasteiger partial charge in [-0.2, -0.15) is 0 Å². The third-order valence-corrected chi connectivity index (χ3v) is 4.53. The molecule has 2 atom stereocenters. The van der Waals surface area contributed by atoms with Crippen molar-refractivity contribution >= 4 is 17.6 Å². The number of carboxylic acids is 1. The second kappa shape index (κ2) is 5.96. The summed E-state index contributed by atoms with van der Waals surface area (Å²) in [5.41, 5.74) is 0.753. The average molecular weight is 304 g/mol. The molecule has 6 heteroatoms. The number of hydrogen-bond acceptors (Lipinski definition) is 4. The van der Waals surface area contributed by atoms with Gasteiger partial charge in [0.25, 0.3) is 0 Å². The molecule has 0 bridgehead atoms. The van der Waals surface area contributed by atoms with E-state index in [1.807, 2.05) is 29.2 Å². The minimum atomic E-state index is -0.832. The van der Waals surface area contributed by atoms with E-state index < -0.39 is 12.0 Å². The van der Waals surface area contributed by atoms with E-state index in [-0.39, 0.29) is 11.9 Å². The summed E-state index contributed by atoms with van der Waals surface area (Å²) in [7, 11) is 1.58. The topological polar surface area (TPSA) is 70.1 Å². The molecule has 1 amide bonds. The summed E-state index contributed by atoms with van der Waals surface area (Å²) in [4.78, 5) is 27.7. The van der Waals surface area contributed by atoms with Crippen molar-refractivity contribution in [1.82, 2.24) is 4.90 Å². The van der Waals surface area contributed by atoms with Gasteiger partial charge in [0.15, 0.2) is 0 Å². The van der Waals surface area contributed by atoms with Crippen molar-refractivity contribution in [2.75, 3.05) is 25.1 Å². The van der Waals surface area contributed by atoms with E-state index in [1.165, 1.54) is 0 Å². The molecule has 1 unspecified atom stereocenters. The highest BCUT2D eigenvalue weighted by molar-refractivity contribution is 6.00. The van der Waals surface area contributed by atoms with E-state index in [1.54, 1.807) is 12.0 Å². The number of nitrogens with zero attached hydrogens (tertiary/aromatic N) is 2. The normalized spacial score (nSPS) is 25.7. The van der Waals surface area contributed by atoms with Crippen molar-refractivity contribution in [3.05, 3.63) is 24.3 Å². The molecule has 6 nitrogen and oxygen atoms in total. The highest BCUT2D eigenvalue weighted by Crippen LogP contribution is 2.34. The number of hydrogen-bond donors (Lipinski definition) is 1. The van der Waals surface area contributed by atoms with Crippen molar-refractivity contribution in [3.63, 3.8) is 0 Å². The molecule has 2 aliphatic rings. The molecule has 2 aliphatic heterocycles. The number of likely N-dealkylation sites (tertiary alicyclic amines) is 1. The Hall–Kier alpha value is -2.08. The zero-order chi connectivity index (χ0) is 15.7. The lowest BCUT2D eigenvalue weighted by Crippen LogP contribution is -2.47. The predicted octanol–water partition coefficient (Wildman–Crippen LogP) is 1.35. The second-order valence-electron chi connectivity index (χ2n) is 5.70. The molecule has 22 heavy (non-hydrogen) atoms. The van der Waals surface area contributed by atoms with Crippen LogP contribution in [-0.4, -0.2) is 54.2 Å². The summed E-state index contributed by atoms with van der Waals surface area (Å²) in [6.07, 6.45) is 2.10. The lowest BCUT2D eigenvalue weighted by molar-refractivity contribution is -0.143. The van der Waals surface area contributed by atoms with E-state index in [0.29, 0.717) is 31.7 Å². The van der Waals surface area contributed by atoms with Gasteiger partial charge in [0.1, 0.15) is 11.8 Å². The maximum Gasteiger partial charge on any atom is 0.320 e. The Bertz CT molecular complexity index is 589. The van der Waals surface area contributed by atoms with Crippen LogP contribution in [-0.2, 0) is 9.59 Å². The van der Waals surface area contributed by atoms with Crippen LogP contribution in [0.4, 0.5) is 5.69 Å². The second-order valence-corrected chi connectivity index (χ2v) is 5.70. The summed E-state index contributed by atoms with van der Waals surface area (Å²) >= 11 is 0. The first-order valence-electron chi connectivity index (χ1n) is 7.56. The van der Waals surface area contributed by atoms with Gasteiger partial charge in [0, 0.05) is 6.54 Å². The summed E-state index contributed by atoms with van der Waals surface area (Å²) in [5.74, 6) is -0.202. The number of carboxylic acid groups (broad SMARTS) is 1. The molecule has 0 spiro atoms. The number of rotatable bonds is 4. The van der Waals surface area contributed by atoms with Gasteiger partial charge in [-0.3, -0.25) is 14.5 Å². The quantitative estimate of drug-likeness (QED) is 0.909. The van der Waals surface area contributed by atoms with Crippen LogP contribution >= 0.6 is 0 Å². The molecule has 2 fully saturated rings. The van der Waals surface area contributed by atoms with Gasteiger partial charge in [-0.05, 0) is 37.9 Å². The third-order valence-electron chi connectivity index (χ3n) is 4.53. The van der Waals surface area contributed by atoms with Crippen molar-refractivity contribution in [1.29, 1.82) is 0 Å². The fraction of sp³-hybridized carbons (Fsp3) is 0.500. The Kier molecular flexibility index (Phi) is 4.02. The summed E-state index contributed by atoms with van der Waals surface area (Å²) in [6.45, 7) is 1.26. The van der Waals surface area contributed by atoms with Gasteiger partial charge >= 0.3 is 5.97 Å². The molecule has 3 rings (SSSR count). The summed E-state index contributed by atoms with van der Waals surface area (Å²) in [5, 5.41) is 9.31. The van der Waals surface area contributed by atoms with Gasteiger partial charge < -0.3 is 14.7 Å². The lowest BCUT2D eigenvalue weighted by Gasteiger charge is -2.27. The minimum absolute atomic E-state index is 0.0300. The molecule has 2 heterocycles. The van der Waals surface area contributed by atoms with Crippen LogP contribution in [0.5, 0.6) is 5.75 Å². The monoisotopic (exact) mass is 304 g/mol. The zero-order valence-electron chi connectivity index (χ0n) is 12.6. The lowest BCUT2D eigenvalue weighted by atomic mass is 10.1. The Morgan fingerprint density at radius 1 is 1.27 bits per heavy atom. The number of methoxy groups -OCH3 is 1. The van der Waals surface area contributed by atoms with Crippen molar-refractivity contribution in [2.45, 2.75) is 31.3 Å². The Morgan fingerprint density at radius 3 is 2.77 bits per heavy atom. The largest absolute Gasteiger partial charge is 0.495 e. The van der Waals surface area contributed by atoms with Crippen LogP contribution in [0.15, 0.2) is 24.3 Å². The molecular formula is C16H20N2O4. The molecule has 1 aromatic carbocycles. The van der Waals surface area contributed by atoms with E-state index in [9.17, 15) is 14.7 Å². The molecule has 1 aromatic rings. The average Bonchev–Trinajstić information content (AvgIpc) is 3.13. The van der Waals surface area contributed by atoms with Crippen LogP contribution in [0.25, 0.3) is 0 Å². The van der Waals surface area contributed by atoms with Crippen molar-refractivity contribution in [3.8, 4) is 5.75 Å². The first-order chi connectivity index (χ1) is 10.6. The number of ether oxygens (including phenoxy) is 1. The number of amides is 1. The van der Waals surface area contributed by atoms with Crippen molar-refractivity contribution < 1.29 is 19.4 Å². The standard InChI is InChI=1S/C16H20N2O4/c1-22-14-7-3-2-5-11(14)18-10-8-12(15(18)19)17-9-4-6-13(17)16(20)21/h2-3,5,7,12-13H,4,6,8-10H2,1H3,(H,20,21)/t12?,13-/m1/s1. The first kappa shape index (κ1) is 14.8. The van der Waals surface area contributed by atoms with Crippen LogP contribution < -0.4 is 9.64 Å². The van der Waals surface area contributed by atoms with E-state index >= 15 is 0 Å². The third kappa shape index (κ3) is 2.43. The molecular weight excluding hydrogens is 284 g/mol. The molecule has 1 N–H and O–H groups in total. The zero-order valence-corrected chi connectivity index (χ0v) is 12.6. The maximum absolute atomic E-state index is 12.8. The number of anilines is 1. The number of benzene rings is 1.